The molecule has 0 aliphatic carbocycles. The van der Waals surface area contributed by atoms with Crippen LogP contribution in [0.15, 0.2) is 67.0 Å². The standard InChI is InChI=1S/C20H19ClN4O/c1-25(2)19-8-6-16(7-9-19)23-18-10-14(12-22-13-18)20(26)24-17-5-3-4-15(21)11-17/h3-13,23H,1-2H3,(H,24,26). The van der Waals surface area contributed by atoms with E-state index in [2.05, 4.69) is 15.6 Å². The van der Waals surface area contributed by atoms with Gasteiger partial charge in [0, 0.05) is 42.4 Å². The van der Waals surface area contributed by atoms with Gasteiger partial charge in [0.1, 0.15) is 0 Å². The molecule has 26 heavy (non-hydrogen) atoms. The molecule has 3 aromatic rings. The van der Waals surface area contributed by atoms with Gasteiger partial charge in [0.05, 0.1) is 17.4 Å². The van der Waals surface area contributed by atoms with E-state index in [0.717, 1.165) is 17.1 Å². The quantitative estimate of drug-likeness (QED) is 0.681. The number of hydrogen-bond acceptors (Lipinski definition) is 4. The van der Waals surface area contributed by atoms with Gasteiger partial charge in [-0.25, -0.2) is 0 Å². The van der Waals surface area contributed by atoms with Gasteiger partial charge in [0.25, 0.3) is 5.91 Å². The van der Waals surface area contributed by atoms with Crippen molar-refractivity contribution < 1.29 is 4.79 Å². The number of pyridine rings is 1. The third kappa shape index (κ3) is 4.52. The van der Waals surface area contributed by atoms with E-state index < -0.39 is 0 Å². The van der Waals surface area contributed by atoms with E-state index in [1.165, 1.54) is 6.20 Å². The van der Waals surface area contributed by atoms with E-state index in [-0.39, 0.29) is 5.91 Å². The summed E-state index contributed by atoms with van der Waals surface area (Å²) in [5.41, 5.74) is 3.87. The fraction of sp³-hybridized carbons (Fsp3) is 0.100. The van der Waals surface area contributed by atoms with Crippen molar-refractivity contribution in [3.63, 3.8) is 0 Å². The second-order valence-corrected chi connectivity index (χ2v) is 6.43. The second kappa shape index (κ2) is 7.89. The van der Waals surface area contributed by atoms with Gasteiger partial charge >= 0.3 is 0 Å². The van der Waals surface area contributed by atoms with Crippen molar-refractivity contribution in [1.82, 2.24) is 4.98 Å². The normalized spacial score (nSPS) is 10.3. The summed E-state index contributed by atoms with van der Waals surface area (Å²) in [4.78, 5) is 18.6. The highest BCUT2D eigenvalue weighted by Gasteiger charge is 2.08. The van der Waals surface area contributed by atoms with Crippen LogP contribution >= 0.6 is 11.6 Å². The maximum Gasteiger partial charge on any atom is 0.257 e. The molecule has 0 aliphatic rings. The third-order valence-electron chi connectivity index (χ3n) is 3.76. The van der Waals surface area contributed by atoms with Crippen LogP contribution in [0.25, 0.3) is 0 Å². The maximum absolute atomic E-state index is 12.4. The molecule has 0 bridgehead atoms. The lowest BCUT2D eigenvalue weighted by atomic mass is 10.2. The number of benzene rings is 2. The monoisotopic (exact) mass is 366 g/mol. The number of anilines is 4. The molecule has 6 heteroatoms. The lowest BCUT2D eigenvalue weighted by molar-refractivity contribution is 0.102. The van der Waals surface area contributed by atoms with Gasteiger partial charge in [0.15, 0.2) is 0 Å². The van der Waals surface area contributed by atoms with Crippen molar-refractivity contribution in [3.8, 4) is 0 Å². The Hall–Kier alpha value is -3.05. The summed E-state index contributed by atoms with van der Waals surface area (Å²) in [6.45, 7) is 0. The van der Waals surface area contributed by atoms with Gasteiger partial charge in [-0.3, -0.25) is 9.78 Å². The van der Waals surface area contributed by atoms with Crippen LogP contribution in [0.5, 0.6) is 0 Å². The first-order chi connectivity index (χ1) is 12.5. The van der Waals surface area contributed by atoms with Crippen LogP contribution in [0.3, 0.4) is 0 Å². The zero-order valence-corrected chi connectivity index (χ0v) is 15.3. The fourth-order valence-electron chi connectivity index (χ4n) is 2.41. The number of aromatic nitrogens is 1. The Labute approximate surface area is 157 Å². The number of rotatable bonds is 5. The number of nitrogens with one attached hydrogen (secondary N) is 2. The summed E-state index contributed by atoms with van der Waals surface area (Å²) in [6, 6.07) is 16.8. The number of carbonyl (C=O) groups is 1. The highest BCUT2D eigenvalue weighted by molar-refractivity contribution is 6.31. The lowest BCUT2D eigenvalue weighted by Gasteiger charge is -2.13. The maximum atomic E-state index is 12.4. The van der Waals surface area contributed by atoms with E-state index >= 15 is 0 Å². The SMILES string of the molecule is CN(C)c1ccc(Nc2cncc(C(=O)Nc3cccc(Cl)c3)c2)cc1. The molecular weight excluding hydrogens is 348 g/mol. The molecule has 2 aromatic carbocycles. The zero-order chi connectivity index (χ0) is 18.5. The van der Waals surface area contributed by atoms with Crippen molar-refractivity contribution in [2.75, 3.05) is 29.6 Å². The van der Waals surface area contributed by atoms with Crippen molar-refractivity contribution in [1.29, 1.82) is 0 Å². The summed E-state index contributed by atoms with van der Waals surface area (Å²) >= 11 is 5.94. The molecule has 132 valence electrons. The van der Waals surface area contributed by atoms with E-state index in [0.29, 0.717) is 16.3 Å². The molecule has 0 spiro atoms. The van der Waals surface area contributed by atoms with Crippen molar-refractivity contribution in [2.45, 2.75) is 0 Å². The molecule has 0 fully saturated rings. The molecule has 1 aromatic heterocycles. The second-order valence-electron chi connectivity index (χ2n) is 5.99. The summed E-state index contributed by atoms with van der Waals surface area (Å²) in [5, 5.41) is 6.64. The van der Waals surface area contributed by atoms with E-state index in [4.69, 9.17) is 11.6 Å². The number of nitrogens with zero attached hydrogens (tertiary/aromatic N) is 2. The Balaban J connectivity index is 1.72. The van der Waals surface area contributed by atoms with Crippen LogP contribution < -0.4 is 15.5 Å². The summed E-state index contributed by atoms with van der Waals surface area (Å²) in [7, 11) is 3.99. The van der Waals surface area contributed by atoms with Crippen LogP contribution in [0.1, 0.15) is 10.4 Å². The molecule has 1 amide bonds. The first-order valence-electron chi connectivity index (χ1n) is 8.07. The summed E-state index contributed by atoms with van der Waals surface area (Å²) in [6.07, 6.45) is 3.20. The molecule has 0 unspecified atom stereocenters. The molecule has 0 saturated carbocycles. The Morgan fingerprint density at radius 2 is 1.73 bits per heavy atom. The van der Waals surface area contributed by atoms with Gasteiger partial charge < -0.3 is 15.5 Å². The average molecular weight is 367 g/mol. The first kappa shape index (κ1) is 17.8. The minimum absolute atomic E-state index is 0.244. The topological polar surface area (TPSA) is 57.3 Å². The van der Waals surface area contributed by atoms with E-state index in [9.17, 15) is 4.79 Å². The Morgan fingerprint density at radius 1 is 0.962 bits per heavy atom. The highest BCUT2D eigenvalue weighted by atomic mass is 35.5. The average Bonchev–Trinajstić information content (AvgIpc) is 2.62. The number of hydrogen-bond donors (Lipinski definition) is 2. The molecule has 3 rings (SSSR count). The molecule has 1 heterocycles. The van der Waals surface area contributed by atoms with Crippen molar-refractivity contribution in [2.24, 2.45) is 0 Å². The largest absolute Gasteiger partial charge is 0.378 e. The smallest absolute Gasteiger partial charge is 0.257 e. The number of amides is 1. The fourth-order valence-corrected chi connectivity index (χ4v) is 2.60. The minimum Gasteiger partial charge on any atom is -0.378 e. The van der Waals surface area contributed by atoms with Gasteiger partial charge in [-0.05, 0) is 48.5 Å². The van der Waals surface area contributed by atoms with Crippen LogP contribution in [0.2, 0.25) is 5.02 Å². The Bertz CT molecular complexity index is 910. The molecule has 2 N–H and O–H groups in total. The van der Waals surface area contributed by atoms with Gasteiger partial charge in [0.2, 0.25) is 0 Å². The third-order valence-corrected chi connectivity index (χ3v) is 3.99. The predicted octanol–water partition coefficient (Wildman–Crippen LogP) is 4.80. The molecule has 0 saturated heterocycles. The molecule has 0 atom stereocenters. The highest BCUT2D eigenvalue weighted by Crippen LogP contribution is 2.21. The van der Waals surface area contributed by atoms with Gasteiger partial charge in [-0.1, -0.05) is 17.7 Å². The molecular formula is C20H19ClN4O. The van der Waals surface area contributed by atoms with Crippen molar-refractivity contribution >= 4 is 40.3 Å². The zero-order valence-electron chi connectivity index (χ0n) is 14.5. The first-order valence-corrected chi connectivity index (χ1v) is 8.45. The molecule has 0 radical (unpaired) electrons. The van der Waals surface area contributed by atoms with Crippen LogP contribution in [-0.4, -0.2) is 25.0 Å². The van der Waals surface area contributed by atoms with E-state index in [1.807, 2.05) is 43.3 Å². The molecule has 5 nitrogen and oxygen atoms in total. The van der Waals surface area contributed by atoms with Crippen LogP contribution in [-0.2, 0) is 0 Å². The predicted molar refractivity (Wildman–Crippen MR) is 108 cm³/mol. The minimum atomic E-state index is -0.244. The Morgan fingerprint density at radius 3 is 2.42 bits per heavy atom. The van der Waals surface area contributed by atoms with Crippen molar-refractivity contribution in [3.05, 3.63) is 77.6 Å². The van der Waals surface area contributed by atoms with Crippen LogP contribution in [0.4, 0.5) is 22.7 Å². The van der Waals surface area contributed by atoms with Gasteiger partial charge in [-0.15, -0.1) is 0 Å². The summed E-state index contributed by atoms with van der Waals surface area (Å²) < 4.78 is 0. The Kier molecular flexibility index (Phi) is 5.39. The lowest BCUT2D eigenvalue weighted by Crippen LogP contribution is -2.12. The molecule has 0 aliphatic heterocycles. The summed E-state index contributed by atoms with van der Waals surface area (Å²) in [5.74, 6) is -0.244. The van der Waals surface area contributed by atoms with E-state index in [1.54, 1.807) is 36.5 Å². The number of halogens is 1. The van der Waals surface area contributed by atoms with Gasteiger partial charge in [-0.2, -0.15) is 0 Å². The number of carbonyl (C=O) groups excluding carboxylic acids is 1. The van der Waals surface area contributed by atoms with Crippen LogP contribution in [0, 0.1) is 0 Å².